The summed E-state index contributed by atoms with van der Waals surface area (Å²) < 4.78 is 21.5. The van der Waals surface area contributed by atoms with E-state index in [2.05, 4.69) is 10.9 Å². The van der Waals surface area contributed by atoms with Crippen LogP contribution in [0.25, 0.3) is 11.0 Å². The molecule has 9 heteroatoms. The van der Waals surface area contributed by atoms with Crippen LogP contribution in [0.15, 0.2) is 57.7 Å². The first-order valence-electron chi connectivity index (χ1n) is 10.0. The SMILES string of the molecule is CCOc1ccc(OC(C)C(=O)NNC(=O)COc2ccc3c(C)cc(=O)oc3c2)cc1. The predicted molar refractivity (Wildman–Crippen MR) is 117 cm³/mol. The van der Waals surface area contributed by atoms with Crippen LogP contribution in [0.1, 0.15) is 19.4 Å². The van der Waals surface area contributed by atoms with Gasteiger partial charge >= 0.3 is 5.63 Å². The van der Waals surface area contributed by atoms with Crippen molar-refractivity contribution in [3.8, 4) is 17.2 Å². The molecule has 0 fully saturated rings. The number of ether oxygens (including phenoxy) is 3. The first-order chi connectivity index (χ1) is 15.4. The van der Waals surface area contributed by atoms with Crippen molar-refractivity contribution in [1.29, 1.82) is 0 Å². The van der Waals surface area contributed by atoms with Crippen molar-refractivity contribution in [3.63, 3.8) is 0 Å². The van der Waals surface area contributed by atoms with E-state index in [0.717, 1.165) is 10.9 Å². The van der Waals surface area contributed by atoms with Crippen LogP contribution in [0.5, 0.6) is 17.2 Å². The Kier molecular flexibility index (Phi) is 7.33. The number of hydrogen-bond donors (Lipinski definition) is 2. The summed E-state index contributed by atoms with van der Waals surface area (Å²) in [6.07, 6.45) is -0.846. The highest BCUT2D eigenvalue weighted by Gasteiger charge is 2.16. The molecule has 0 aliphatic heterocycles. The molecule has 3 aromatic rings. The number of fused-ring (bicyclic) bond motifs is 1. The number of carbonyl (C=O) groups is 2. The molecule has 1 aromatic heterocycles. The summed E-state index contributed by atoms with van der Waals surface area (Å²) in [5, 5.41) is 0.773. The maximum absolute atomic E-state index is 12.1. The summed E-state index contributed by atoms with van der Waals surface area (Å²) in [5.74, 6) is 0.435. The number of aryl methyl sites for hydroxylation is 1. The summed E-state index contributed by atoms with van der Waals surface area (Å²) in [5.41, 5.74) is 5.23. The quantitative estimate of drug-likeness (QED) is 0.408. The van der Waals surface area contributed by atoms with Crippen LogP contribution < -0.4 is 30.7 Å². The van der Waals surface area contributed by atoms with Crippen molar-refractivity contribution in [3.05, 3.63) is 64.5 Å². The number of benzene rings is 2. The molecule has 1 heterocycles. The van der Waals surface area contributed by atoms with Gasteiger partial charge in [0, 0.05) is 17.5 Å². The van der Waals surface area contributed by atoms with Gasteiger partial charge in [0.05, 0.1) is 6.61 Å². The maximum Gasteiger partial charge on any atom is 0.336 e. The van der Waals surface area contributed by atoms with Gasteiger partial charge in [-0.15, -0.1) is 0 Å². The number of nitrogens with one attached hydrogen (secondary N) is 2. The van der Waals surface area contributed by atoms with Gasteiger partial charge in [0.2, 0.25) is 0 Å². The number of hydrogen-bond acceptors (Lipinski definition) is 7. The van der Waals surface area contributed by atoms with Crippen LogP contribution in [0.2, 0.25) is 0 Å². The molecule has 0 spiro atoms. The molecule has 0 aliphatic carbocycles. The van der Waals surface area contributed by atoms with Gasteiger partial charge in [0.25, 0.3) is 11.8 Å². The lowest BCUT2D eigenvalue weighted by Crippen LogP contribution is -2.48. The minimum Gasteiger partial charge on any atom is -0.494 e. The molecule has 0 saturated heterocycles. The van der Waals surface area contributed by atoms with Crippen molar-refractivity contribution in [2.45, 2.75) is 26.9 Å². The Morgan fingerprint density at radius 3 is 2.38 bits per heavy atom. The molecule has 1 unspecified atom stereocenters. The fourth-order valence-corrected chi connectivity index (χ4v) is 2.85. The second-order valence-corrected chi connectivity index (χ2v) is 6.90. The second-order valence-electron chi connectivity index (χ2n) is 6.90. The van der Waals surface area contributed by atoms with Crippen LogP contribution in [0.3, 0.4) is 0 Å². The van der Waals surface area contributed by atoms with Gasteiger partial charge in [-0.2, -0.15) is 0 Å². The lowest BCUT2D eigenvalue weighted by atomic mass is 10.1. The van der Waals surface area contributed by atoms with Crippen LogP contribution in [-0.2, 0) is 9.59 Å². The van der Waals surface area contributed by atoms with Gasteiger partial charge in [-0.05, 0) is 62.7 Å². The fourth-order valence-electron chi connectivity index (χ4n) is 2.85. The number of hydrazine groups is 1. The summed E-state index contributed by atoms with van der Waals surface area (Å²) >= 11 is 0. The Morgan fingerprint density at radius 2 is 1.66 bits per heavy atom. The highest BCUT2D eigenvalue weighted by Crippen LogP contribution is 2.22. The molecule has 2 aromatic carbocycles. The van der Waals surface area contributed by atoms with Crippen molar-refractivity contribution in [2.24, 2.45) is 0 Å². The minimum absolute atomic E-state index is 0.347. The van der Waals surface area contributed by atoms with Crippen LogP contribution >= 0.6 is 0 Å². The van der Waals surface area contributed by atoms with Gasteiger partial charge in [-0.1, -0.05) is 0 Å². The fraction of sp³-hybridized carbons (Fsp3) is 0.261. The monoisotopic (exact) mass is 440 g/mol. The molecule has 3 rings (SSSR count). The van der Waals surface area contributed by atoms with E-state index in [1.54, 1.807) is 50.2 Å². The largest absolute Gasteiger partial charge is 0.494 e. The van der Waals surface area contributed by atoms with Crippen LogP contribution in [0.4, 0.5) is 0 Å². The molecule has 0 saturated carbocycles. The smallest absolute Gasteiger partial charge is 0.336 e. The molecule has 9 nitrogen and oxygen atoms in total. The van der Waals surface area contributed by atoms with Gasteiger partial charge in [-0.25, -0.2) is 4.79 Å². The Bertz CT molecular complexity index is 1160. The maximum atomic E-state index is 12.1. The first kappa shape index (κ1) is 22.7. The lowest BCUT2D eigenvalue weighted by molar-refractivity contribution is -0.133. The van der Waals surface area contributed by atoms with Gasteiger partial charge < -0.3 is 18.6 Å². The average molecular weight is 440 g/mol. The standard InChI is InChI=1S/C23H24N2O7/c1-4-29-16-5-7-17(8-6-16)31-15(3)23(28)25-24-21(26)13-30-18-9-10-19-14(2)11-22(27)32-20(19)12-18/h5-12,15H,4,13H2,1-3H3,(H,24,26)(H,25,28). The van der Waals surface area contributed by atoms with Crippen molar-refractivity contribution in [1.82, 2.24) is 10.9 Å². The molecular weight excluding hydrogens is 416 g/mol. The van der Waals surface area contributed by atoms with Crippen LogP contribution in [0, 0.1) is 6.92 Å². The van der Waals surface area contributed by atoms with Crippen molar-refractivity contribution < 1.29 is 28.2 Å². The third-order valence-electron chi connectivity index (χ3n) is 4.43. The number of rotatable bonds is 8. The summed E-state index contributed by atoms with van der Waals surface area (Å²) in [7, 11) is 0. The second kappa shape index (κ2) is 10.3. The zero-order valence-electron chi connectivity index (χ0n) is 18.0. The predicted octanol–water partition coefficient (Wildman–Crippen LogP) is 2.49. The van der Waals surface area contributed by atoms with E-state index in [4.69, 9.17) is 18.6 Å². The Hall–Kier alpha value is -4.01. The van der Waals surface area contributed by atoms with E-state index >= 15 is 0 Å². The third-order valence-corrected chi connectivity index (χ3v) is 4.43. The Morgan fingerprint density at radius 1 is 0.969 bits per heavy atom. The van der Waals surface area contributed by atoms with Crippen molar-refractivity contribution >= 4 is 22.8 Å². The van der Waals surface area contributed by atoms with E-state index < -0.39 is 23.5 Å². The minimum atomic E-state index is -0.846. The average Bonchev–Trinajstić information content (AvgIpc) is 2.77. The topological polar surface area (TPSA) is 116 Å². The van der Waals surface area contributed by atoms with Gasteiger partial charge in [0.15, 0.2) is 12.7 Å². The molecule has 0 bridgehead atoms. The molecule has 0 aliphatic rings. The Balaban J connectivity index is 1.46. The molecule has 2 N–H and O–H groups in total. The normalized spacial score (nSPS) is 11.5. The highest BCUT2D eigenvalue weighted by atomic mass is 16.5. The molecular formula is C23H24N2O7. The molecule has 0 radical (unpaired) electrons. The zero-order chi connectivity index (χ0) is 23.1. The van der Waals surface area contributed by atoms with E-state index in [0.29, 0.717) is 29.4 Å². The molecule has 168 valence electrons. The summed E-state index contributed by atoms with van der Waals surface area (Å²) in [4.78, 5) is 35.7. The molecule has 2 amide bonds. The van der Waals surface area contributed by atoms with E-state index in [1.165, 1.54) is 12.1 Å². The molecule has 1 atom stereocenters. The summed E-state index contributed by atoms with van der Waals surface area (Å²) in [6, 6.07) is 13.2. The van der Waals surface area contributed by atoms with Crippen molar-refractivity contribution in [2.75, 3.05) is 13.2 Å². The highest BCUT2D eigenvalue weighted by molar-refractivity contribution is 5.85. The number of amides is 2. The summed E-state index contributed by atoms with van der Waals surface area (Å²) in [6.45, 7) is 5.45. The number of carbonyl (C=O) groups excluding carboxylic acids is 2. The van der Waals surface area contributed by atoms with E-state index in [-0.39, 0.29) is 6.61 Å². The van der Waals surface area contributed by atoms with Gasteiger partial charge in [-0.3, -0.25) is 20.4 Å². The molecule has 32 heavy (non-hydrogen) atoms. The van der Waals surface area contributed by atoms with Gasteiger partial charge in [0.1, 0.15) is 22.8 Å². The van der Waals surface area contributed by atoms with E-state index in [9.17, 15) is 14.4 Å². The van der Waals surface area contributed by atoms with Crippen LogP contribution in [-0.4, -0.2) is 31.1 Å². The lowest BCUT2D eigenvalue weighted by Gasteiger charge is -2.15. The van der Waals surface area contributed by atoms with E-state index in [1.807, 2.05) is 6.92 Å². The Labute approximate surface area is 184 Å². The third kappa shape index (κ3) is 6.00. The first-order valence-corrected chi connectivity index (χ1v) is 10.0. The zero-order valence-corrected chi connectivity index (χ0v) is 18.0.